The summed E-state index contributed by atoms with van der Waals surface area (Å²) in [6.45, 7) is 5.47. The average molecular weight is 275 g/mol. The van der Waals surface area contributed by atoms with E-state index >= 15 is 0 Å². The average Bonchev–Trinajstić information content (AvgIpc) is 2.35. The summed E-state index contributed by atoms with van der Waals surface area (Å²) in [5.41, 5.74) is 4.51. The number of halogens is 2. The Balaban J connectivity index is 3.41. The van der Waals surface area contributed by atoms with Gasteiger partial charge < -0.3 is 15.2 Å². The molecule has 2 N–H and O–H groups in total. The van der Waals surface area contributed by atoms with Crippen LogP contribution in [0.4, 0.5) is 10.1 Å². The van der Waals surface area contributed by atoms with Crippen LogP contribution in [0.5, 0.6) is 0 Å². The van der Waals surface area contributed by atoms with Gasteiger partial charge in [-0.2, -0.15) is 0 Å². The molecule has 1 rings (SSSR count). The van der Waals surface area contributed by atoms with Crippen molar-refractivity contribution in [1.82, 2.24) is 4.98 Å². The van der Waals surface area contributed by atoms with E-state index in [1.54, 1.807) is 6.92 Å². The van der Waals surface area contributed by atoms with Gasteiger partial charge in [0.05, 0.1) is 24.4 Å². The fourth-order valence-corrected chi connectivity index (χ4v) is 1.42. The molecule has 0 fully saturated rings. The molecular weight excluding hydrogens is 263 g/mol. The van der Waals surface area contributed by atoms with Crippen molar-refractivity contribution in [2.45, 2.75) is 6.92 Å². The van der Waals surface area contributed by atoms with Gasteiger partial charge in [0.2, 0.25) is 0 Å². The number of nitrogens with two attached hydrogens (primary N) is 1. The first-order valence-electron chi connectivity index (χ1n) is 4.98. The molecule has 0 spiro atoms. The van der Waals surface area contributed by atoms with Crippen LogP contribution in [-0.4, -0.2) is 24.7 Å². The lowest BCUT2D eigenvalue weighted by Gasteiger charge is -2.12. The first kappa shape index (κ1) is 14.2. The number of rotatable bonds is 4. The standard InChI is InChI=1S/C11H12ClFN2O3/c1-4-18-5(2)9-7(13)8(14)6(12)10(15-9)11(16)17-3/h2,4H2,1,3H3,(H2,14,15). The third-order valence-electron chi connectivity index (χ3n) is 2.07. The highest BCUT2D eigenvalue weighted by molar-refractivity contribution is 6.35. The predicted molar refractivity (Wildman–Crippen MR) is 65.6 cm³/mol. The van der Waals surface area contributed by atoms with Crippen molar-refractivity contribution in [2.24, 2.45) is 0 Å². The Kier molecular flexibility index (Phi) is 4.49. The van der Waals surface area contributed by atoms with Crippen LogP contribution >= 0.6 is 11.6 Å². The van der Waals surface area contributed by atoms with Crippen LogP contribution in [0.15, 0.2) is 6.58 Å². The summed E-state index contributed by atoms with van der Waals surface area (Å²) in [5.74, 6) is -1.74. The van der Waals surface area contributed by atoms with Gasteiger partial charge in [0.1, 0.15) is 11.5 Å². The van der Waals surface area contributed by atoms with Crippen molar-refractivity contribution >= 4 is 29.0 Å². The first-order chi connectivity index (χ1) is 8.43. The number of anilines is 1. The van der Waals surface area contributed by atoms with Crippen molar-refractivity contribution in [2.75, 3.05) is 19.5 Å². The van der Waals surface area contributed by atoms with Crippen LogP contribution in [0.2, 0.25) is 5.02 Å². The SMILES string of the molecule is C=C(OCC)c1nc(C(=O)OC)c(Cl)c(N)c1F. The minimum atomic E-state index is -0.883. The van der Waals surface area contributed by atoms with Crippen LogP contribution in [0.3, 0.4) is 0 Å². The van der Waals surface area contributed by atoms with Crippen LogP contribution in [0, 0.1) is 5.82 Å². The Morgan fingerprint density at radius 3 is 2.67 bits per heavy atom. The number of carbonyl (C=O) groups is 1. The number of pyridine rings is 1. The van der Waals surface area contributed by atoms with E-state index in [2.05, 4.69) is 16.3 Å². The molecule has 0 saturated heterocycles. The Hall–Kier alpha value is -1.82. The summed E-state index contributed by atoms with van der Waals surface area (Å²) in [6, 6.07) is 0. The summed E-state index contributed by atoms with van der Waals surface area (Å²) >= 11 is 5.73. The minimum Gasteiger partial charge on any atom is -0.492 e. The van der Waals surface area contributed by atoms with Gasteiger partial charge in [-0.15, -0.1) is 0 Å². The van der Waals surface area contributed by atoms with Gasteiger partial charge in [0, 0.05) is 0 Å². The Morgan fingerprint density at radius 1 is 1.56 bits per heavy atom. The smallest absolute Gasteiger partial charge is 0.358 e. The molecule has 0 aliphatic rings. The lowest BCUT2D eigenvalue weighted by atomic mass is 10.2. The number of carbonyl (C=O) groups excluding carboxylic acids is 1. The Labute approximate surface area is 108 Å². The van der Waals surface area contributed by atoms with Crippen LogP contribution < -0.4 is 5.73 Å². The van der Waals surface area contributed by atoms with Crippen molar-refractivity contribution in [3.8, 4) is 0 Å². The lowest BCUT2D eigenvalue weighted by molar-refractivity contribution is 0.0594. The predicted octanol–water partition coefficient (Wildman–Crippen LogP) is 2.25. The highest BCUT2D eigenvalue weighted by Gasteiger charge is 2.23. The summed E-state index contributed by atoms with van der Waals surface area (Å²) in [6.07, 6.45) is 0. The second-order valence-electron chi connectivity index (χ2n) is 3.20. The number of ether oxygens (including phenoxy) is 2. The fraction of sp³-hybridized carbons (Fsp3) is 0.273. The first-order valence-corrected chi connectivity index (χ1v) is 5.36. The number of hydrogen-bond donors (Lipinski definition) is 1. The maximum absolute atomic E-state index is 13.8. The number of hydrogen-bond acceptors (Lipinski definition) is 5. The molecular formula is C11H12ClFN2O3. The molecule has 0 saturated carbocycles. The third-order valence-corrected chi connectivity index (χ3v) is 2.46. The van der Waals surface area contributed by atoms with Gasteiger partial charge in [0.25, 0.3) is 0 Å². The molecule has 0 atom stereocenters. The summed E-state index contributed by atoms with van der Waals surface area (Å²) in [7, 11) is 1.15. The molecule has 0 bridgehead atoms. The molecule has 18 heavy (non-hydrogen) atoms. The van der Waals surface area contributed by atoms with E-state index in [1.165, 1.54) is 0 Å². The van der Waals surface area contributed by atoms with E-state index in [9.17, 15) is 9.18 Å². The van der Waals surface area contributed by atoms with Crippen LogP contribution in [0.1, 0.15) is 23.1 Å². The van der Waals surface area contributed by atoms with Gasteiger partial charge in [-0.1, -0.05) is 18.2 Å². The minimum absolute atomic E-state index is 0.0384. The normalized spacial score (nSPS) is 10.0. The zero-order valence-electron chi connectivity index (χ0n) is 9.92. The highest BCUT2D eigenvalue weighted by atomic mass is 35.5. The molecule has 1 heterocycles. The monoisotopic (exact) mass is 274 g/mol. The van der Waals surface area contributed by atoms with E-state index < -0.39 is 17.5 Å². The van der Waals surface area contributed by atoms with Crippen LogP contribution in [-0.2, 0) is 9.47 Å². The molecule has 0 aliphatic heterocycles. The van der Waals surface area contributed by atoms with Gasteiger partial charge in [-0.25, -0.2) is 14.2 Å². The Bertz CT molecular complexity index is 506. The van der Waals surface area contributed by atoms with Gasteiger partial charge >= 0.3 is 5.97 Å². The second-order valence-corrected chi connectivity index (χ2v) is 3.58. The number of nitrogens with zero attached hydrogens (tertiary/aromatic N) is 1. The molecule has 0 aliphatic carbocycles. The van der Waals surface area contributed by atoms with E-state index in [-0.39, 0.29) is 28.8 Å². The largest absolute Gasteiger partial charge is 0.492 e. The maximum atomic E-state index is 13.8. The molecule has 5 nitrogen and oxygen atoms in total. The highest BCUT2D eigenvalue weighted by Crippen LogP contribution is 2.30. The Morgan fingerprint density at radius 2 is 2.17 bits per heavy atom. The molecule has 7 heteroatoms. The van der Waals surface area contributed by atoms with Crippen molar-refractivity contribution in [3.63, 3.8) is 0 Å². The molecule has 0 amide bonds. The van der Waals surface area contributed by atoms with Gasteiger partial charge in [-0.3, -0.25) is 0 Å². The maximum Gasteiger partial charge on any atom is 0.358 e. The van der Waals surface area contributed by atoms with Crippen molar-refractivity contribution in [1.29, 1.82) is 0 Å². The lowest BCUT2D eigenvalue weighted by Crippen LogP contribution is -2.12. The van der Waals surface area contributed by atoms with Crippen molar-refractivity contribution < 1.29 is 18.7 Å². The fourth-order valence-electron chi connectivity index (χ4n) is 1.22. The summed E-state index contributed by atoms with van der Waals surface area (Å²) < 4.78 is 23.3. The molecule has 0 aromatic carbocycles. The number of methoxy groups -OCH3 is 1. The molecule has 0 radical (unpaired) electrons. The van der Waals surface area contributed by atoms with E-state index in [0.29, 0.717) is 0 Å². The molecule has 1 aromatic rings. The third kappa shape index (κ3) is 2.53. The summed E-state index contributed by atoms with van der Waals surface area (Å²) in [5, 5.41) is -0.299. The number of aromatic nitrogens is 1. The van der Waals surface area contributed by atoms with Gasteiger partial charge in [0.15, 0.2) is 11.5 Å². The van der Waals surface area contributed by atoms with E-state index in [4.69, 9.17) is 22.1 Å². The molecule has 1 aromatic heterocycles. The van der Waals surface area contributed by atoms with E-state index in [0.717, 1.165) is 7.11 Å². The summed E-state index contributed by atoms with van der Waals surface area (Å²) in [4.78, 5) is 15.1. The van der Waals surface area contributed by atoms with Crippen molar-refractivity contribution in [3.05, 3.63) is 28.8 Å². The second kappa shape index (κ2) is 5.68. The topological polar surface area (TPSA) is 74.4 Å². The number of esters is 1. The zero-order chi connectivity index (χ0) is 13.9. The molecule has 0 unspecified atom stereocenters. The van der Waals surface area contributed by atoms with Gasteiger partial charge in [-0.05, 0) is 6.92 Å². The molecule has 98 valence electrons. The van der Waals surface area contributed by atoms with Crippen LogP contribution in [0.25, 0.3) is 5.76 Å². The van der Waals surface area contributed by atoms with E-state index in [1.807, 2.05) is 0 Å². The quantitative estimate of drug-likeness (QED) is 0.673. The number of nitrogen functional groups attached to an aromatic ring is 1. The zero-order valence-corrected chi connectivity index (χ0v) is 10.7.